The highest BCUT2D eigenvalue weighted by Crippen LogP contribution is 2.29. The summed E-state index contributed by atoms with van der Waals surface area (Å²) in [5.41, 5.74) is 1.14. The van der Waals surface area contributed by atoms with Crippen LogP contribution in [-0.4, -0.2) is 43.4 Å². The maximum Gasteiger partial charge on any atom is 0.191 e. The van der Waals surface area contributed by atoms with Gasteiger partial charge in [-0.05, 0) is 31.9 Å². The smallest absolute Gasteiger partial charge is 0.191 e. The lowest BCUT2D eigenvalue weighted by Gasteiger charge is -2.14. The predicted molar refractivity (Wildman–Crippen MR) is 133 cm³/mol. The molecular weight excluding hydrogens is 503 g/mol. The molecule has 0 aliphatic heterocycles. The second-order valence-electron chi connectivity index (χ2n) is 6.32. The van der Waals surface area contributed by atoms with Crippen molar-refractivity contribution in [2.45, 2.75) is 32.1 Å². The number of nitrogens with one attached hydrogen (secondary N) is 2. The van der Waals surface area contributed by atoms with Crippen LogP contribution in [0.5, 0.6) is 5.75 Å². The fraction of sp³-hybridized carbons (Fsp3) is 0.500. The molecule has 0 radical (unpaired) electrons. The summed E-state index contributed by atoms with van der Waals surface area (Å²) in [5, 5.41) is 9.96. The summed E-state index contributed by atoms with van der Waals surface area (Å²) in [4.78, 5) is 10.4. The highest BCUT2D eigenvalue weighted by atomic mass is 127. The number of hydrogen-bond acceptors (Lipinski definition) is 5. The molecule has 0 amide bonds. The van der Waals surface area contributed by atoms with Gasteiger partial charge >= 0.3 is 0 Å². The van der Waals surface area contributed by atoms with Crippen LogP contribution in [0.15, 0.2) is 39.5 Å². The zero-order valence-corrected chi connectivity index (χ0v) is 21.0. The number of benzene rings is 1. The molecule has 2 rings (SSSR count). The van der Waals surface area contributed by atoms with Crippen LogP contribution in [0.2, 0.25) is 0 Å². The summed E-state index contributed by atoms with van der Waals surface area (Å²) in [7, 11) is 1.72. The number of aryl methyl sites for hydroxylation is 1. The Hall–Kier alpha value is -1.00. The second kappa shape index (κ2) is 14.1. The Balaban J connectivity index is 0.00000392. The Morgan fingerprint density at radius 2 is 2.11 bits per heavy atom. The number of guanidine groups is 1. The molecule has 1 heterocycles. The number of para-hydroxylation sites is 1. The van der Waals surface area contributed by atoms with Crippen LogP contribution in [0.3, 0.4) is 0 Å². The molecule has 2 aromatic rings. The van der Waals surface area contributed by atoms with Gasteiger partial charge in [-0.3, -0.25) is 4.99 Å². The molecule has 0 saturated carbocycles. The highest BCUT2D eigenvalue weighted by molar-refractivity contribution is 14.0. The Labute approximate surface area is 194 Å². The van der Waals surface area contributed by atoms with Crippen LogP contribution in [0, 0.1) is 12.8 Å². The number of methoxy groups -OCH3 is 1. The molecule has 0 spiro atoms. The monoisotopic (exact) mass is 534 g/mol. The average molecular weight is 535 g/mol. The third-order valence-electron chi connectivity index (χ3n) is 3.84. The molecular formula is C20H31IN4OS2. The van der Waals surface area contributed by atoms with Gasteiger partial charge in [-0.1, -0.05) is 19.1 Å². The molecule has 0 aliphatic carbocycles. The van der Waals surface area contributed by atoms with Crippen molar-refractivity contribution in [3.63, 3.8) is 0 Å². The number of aromatic nitrogens is 1. The van der Waals surface area contributed by atoms with Crippen LogP contribution in [0.25, 0.3) is 0 Å². The summed E-state index contributed by atoms with van der Waals surface area (Å²) >= 11 is 3.52. The van der Waals surface area contributed by atoms with E-state index in [9.17, 15) is 0 Å². The van der Waals surface area contributed by atoms with Crippen LogP contribution >= 0.6 is 47.1 Å². The summed E-state index contributed by atoms with van der Waals surface area (Å²) in [6.07, 6.45) is 0.911. The van der Waals surface area contributed by atoms with Gasteiger partial charge in [0, 0.05) is 42.1 Å². The number of thiazole rings is 1. The molecule has 1 unspecified atom stereocenters. The van der Waals surface area contributed by atoms with E-state index < -0.39 is 0 Å². The summed E-state index contributed by atoms with van der Waals surface area (Å²) in [6.45, 7) is 8.83. The third-order valence-corrected chi connectivity index (χ3v) is 6.04. The quantitative estimate of drug-likeness (QED) is 0.202. The zero-order valence-electron chi connectivity index (χ0n) is 17.0. The van der Waals surface area contributed by atoms with Crippen LogP contribution in [0.1, 0.15) is 24.5 Å². The van der Waals surface area contributed by atoms with E-state index in [0.29, 0.717) is 5.92 Å². The molecule has 0 fully saturated rings. The van der Waals surface area contributed by atoms with E-state index in [4.69, 9.17) is 9.73 Å². The van der Waals surface area contributed by atoms with Gasteiger partial charge in [0.1, 0.15) is 5.75 Å². The molecule has 2 N–H and O–H groups in total. The van der Waals surface area contributed by atoms with Crippen molar-refractivity contribution in [3.8, 4) is 5.75 Å². The number of aliphatic imine (C=N–C) groups is 1. The lowest BCUT2D eigenvalue weighted by Crippen LogP contribution is -2.38. The molecule has 1 aromatic carbocycles. The third kappa shape index (κ3) is 9.00. The van der Waals surface area contributed by atoms with E-state index in [1.165, 1.54) is 4.90 Å². The topological polar surface area (TPSA) is 58.5 Å². The van der Waals surface area contributed by atoms with E-state index in [1.54, 1.807) is 18.4 Å². The molecule has 0 aliphatic rings. The van der Waals surface area contributed by atoms with E-state index in [1.807, 2.05) is 36.9 Å². The lowest BCUT2D eigenvalue weighted by molar-refractivity contribution is 0.405. The van der Waals surface area contributed by atoms with Gasteiger partial charge < -0.3 is 15.4 Å². The van der Waals surface area contributed by atoms with Crippen LogP contribution in [-0.2, 0) is 6.42 Å². The van der Waals surface area contributed by atoms with Crippen molar-refractivity contribution >= 4 is 53.0 Å². The Morgan fingerprint density at radius 3 is 2.79 bits per heavy atom. The standard InChI is InChI=1S/C20H30N4OS2.HI/c1-5-21-20(22-11-10-17-14-26-16(3)24-17)23-12-15(2)13-27-19-9-7-6-8-18(19)25-4;/h6-9,14-15H,5,10-13H2,1-4H3,(H2,21,22,23);1H. The first-order valence-electron chi connectivity index (χ1n) is 9.31. The van der Waals surface area contributed by atoms with Gasteiger partial charge in [-0.15, -0.1) is 47.1 Å². The van der Waals surface area contributed by atoms with Gasteiger partial charge in [0.25, 0.3) is 0 Å². The second-order valence-corrected chi connectivity index (χ2v) is 8.45. The first-order valence-corrected chi connectivity index (χ1v) is 11.2. The van der Waals surface area contributed by atoms with Gasteiger partial charge in [0.05, 0.1) is 17.8 Å². The van der Waals surface area contributed by atoms with Gasteiger partial charge in [0.2, 0.25) is 0 Å². The highest BCUT2D eigenvalue weighted by Gasteiger charge is 2.07. The van der Waals surface area contributed by atoms with Crippen molar-refractivity contribution in [2.75, 3.05) is 32.5 Å². The van der Waals surface area contributed by atoms with Crippen molar-refractivity contribution in [2.24, 2.45) is 10.9 Å². The number of nitrogens with zero attached hydrogens (tertiary/aromatic N) is 2. The lowest BCUT2D eigenvalue weighted by atomic mass is 10.2. The van der Waals surface area contributed by atoms with E-state index in [2.05, 4.69) is 40.9 Å². The maximum atomic E-state index is 5.42. The first-order chi connectivity index (χ1) is 13.1. The van der Waals surface area contributed by atoms with Crippen LogP contribution < -0.4 is 15.4 Å². The van der Waals surface area contributed by atoms with E-state index >= 15 is 0 Å². The number of halogens is 1. The van der Waals surface area contributed by atoms with E-state index in [0.717, 1.165) is 54.2 Å². The molecule has 0 bridgehead atoms. The Kier molecular flexibility index (Phi) is 12.6. The number of hydrogen-bond donors (Lipinski definition) is 2. The molecule has 5 nitrogen and oxygen atoms in total. The van der Waals surface area contributed by atoms with Crippen LogP contribution in [0.4, 0.5) is 0 Å². The SMILES string of the molecule is CCNC(=NCC(C)CSc1ccccc1OC)NCCc1csc(C)n1.I. The normalized spacial score (nSPS) is 12.2. The largest absolute Gasteiger partial charge is 0.496 e. The maximum absolute atomic E-state index is 5.42. The van der Waals surface area contributed by atoms with E-state index in [-0.39, 0.29) is 24.0 Å². The minimum atomic E-state index is 0. The summed E-state index contributed by atoms with van der Waals surface area (Å²) in [6, 6.07) is 8.15. The fourth-order valence-electron chi connectivity index (χ4n) is 2.44. The predicted octanol–water partition coefficient (Wildman–Crippen LogP) is 4.60. The average Bonchev–Trinajstić information content (AvgIpc) is 3.09. The summed E-state index contributed by atoms with van der Waals surface area (Å²) < 4.78 is 5.42. The van der Waals surface area contributed by atoms with Crippen molar-refractivity contribution in [1.29, 1.82) is 0 Å². The van der Waals surface area contributed by atoms with Gasteiger partial charge in [0.15, 0.2) is 5.96 Å². The number of thioether (sulfide) groups is 1. The minimum absolute atomic E-state index is 0. The molecule has 28 heavy (non-hydrogen) atoms. The van der Waals surface area contributed by atoms with Gasteiger partial charge in [-0.2, -0.15) is 0 Å². The number of rotatable bonds is 10. The molecule has 1 atom stereocenters. The first kappa shape index (κ1) is 25.0. The Bertz CT molecular complexity index is 724. The van der Waals surface area contributed by atoms with Gasteiger partial charge in [-0.25, -0.2) is 4.98 Å². The minimum Gasteiger partial charge on any atom is -0.496 e. The molecule has 156 valence electrons. The zero-order chi connectivity index (χ0) is 19.5. The van der Waals surface area contributed by atoms with Crippen molar-refractivity contribution < 1.29 is 4.74 Å². The fourth-order valence-corrected chi connectivity index (χ4v) is 4.13. The molecule has 0 saturated heterocycles. The number of ether oxygens (including phenoxy) is 1. The molecule has 8 heteroatoms. The molecule has 1 aromatic heterocycles. The van der Waals surface area contributed by atoms with Crippen molar-refractivity contribution in [3.05, 3.63) is 40.3 Å². The Morgan fingerprint density at radius 1 is 1.32 bits per heavy atom. The summed E-state index contributed by atoms with van der Waals surface area (Å²) in [5.74, 6) is 3.28. The van der Waals surface area contributed by atoms with Crippen molar-refractivity contribution in [1.82, 2.24) is 15.6 Å².